The van der Waals surface area contributed by atoms with Gasteiger partial charge in [0.25, 0.3) is 0 Å². The lowest BCUT2D eigenvalue weighted by molar-refractivity contribution is 0.623. The van der Waals surface area contributed by atoms with Crippen molar-refractivity contribution in [1.29, 1.82) is 0 Å². The van der Waals surface area contributed by atoms with Crippen molar-refractivity contribution in [3.63, 3.8) is 0 Å². The van der Waals surface area contributed by atoms with Crippen molar-refractivity contribution < 1.29 is 8.83 Å². The normalized spacial score (nSPS) is 11.6. The van der Waals surface area contributed by atoms with Crippen LogP contribution in [0.4, 0.5) is 34.1 Å². The molecule has 5 heteroatoms. The van der Waals surface area contributed by atoms with Crippen molar-refractivity contribution in [3.05, 3.63) is 200 Å². The predicted molar refractivity (Wildman–Crippen MR) is 231 cm³/mol. The Bertz CT molecular complexity index is 3210. The van der Waals surface area contributed by atoms with Gasteiger partial charge in [0.1, 0.15) is 16.7 Å². The summed E-state index contributed by atoms with van der Waals surface area (Å²) < 4.78 is 12.8. The third-order valence-electron chi connectivity index (χ3n) is 10.6. The monoisotopic (exact) mass is 719 g/mol. The number of benzene rings is 9. The van der Waals surface area contributed by atoms with Crippen molar-refractivity contribution in [2.75, 3.05) is 9.80 Å². The van der Waals surface area contributed by atoms with Crippen LogP contribution in [0.3, 0.4) is 0 Å². The molecule has 56 heavy (non-hydrogen) atoms. The van der Waals surface area contributed by atoms with Crippen LogP contribution >= 0.6 is 0 Å². The second-order valence-electron chi connectivity index (χ2n) is 14.0. The number of oxazole rings is 1. The molecule has 0 unspecified atom stereocenters. The molecule has 0 atom stereocenters. The van der Waals surface area contributed by atoms with E-state index in [1.165, 1.54) is 0 Å². The lowest BCUT2D eigenvalue weighted by Gasteiger charge is -2.29. The van der Waals surface area contributed by atoms with Gasteiger partial charge in [-0.2, -0.15) is 0 Å². The van der Waals surface area contributed by atoms with Crippen LogP contribution in [0.25, 0.3) is 66.0 Å². The average Bonchev–Trinajstić information content (AvgIpc) is 3.87. The summed E-state index contributed by atoms with van der Waals surface area (Å²) in [5.74, 6) is 0.618. The Labute approximate surface area is 322 Å². The van der Waals surface area contributed by atoms with Gasteiger partial charge in [-0.1, -0.05) is 103 Å². The van der Waals surface area contributed by atoms with Gasteiger partial charge < -0.3 is 18.6 Å². The maximum Gasteiger partial charge on any atom is 0.227 e. The third-order valence-corrected chi connectivity index (χ3v) is 10.6. The molecule has 2 aromatic heterocycles. The second kappa shape index (κ2) is 13.0. The van der Waals surface area contributed by atoms with Gasteiger partial charge in [0.05, 0.1) is 0 Å². The lowest BCUT2D eigenvalue weighted by Crippen LogP contribution is -2.13. The van der Waals surface area contributed by atoms with Crippen LogP contribution in [-0.4, -0.2) is 4.98 Å². The Balaban J connectivity index is 1.09. The highest BCUT2D eigenvalue weighted by Gasteiger charge is 2.20. The molecular formula is C51H33N3O2. The van der Waals surface area contributed by atoms with Crippen molar-refractivity contribution in [1.82, 2.24) is 4.98 Å². The van der Waals surface area contributed by atoms with Crippen molar-refractivity contribution in [2.45, 2.75) is 0 Å². The fraction of sp³-hybridized carbons (Fsp3) is 0. The van der Waals surface area contributed by atoms with Crippen molar-refractivity contribution in [2.24, 2.45) is 0 Å². The minimum absolute atomic E-state index is 0.618. The smallest absolute Gasteiger partial charge is 0.227 e. The molecule has 0 fully saturated rings. The average molecular weight is 720 g/mol. The minimum Gasteiger partial charge on any atom is -0.456 e. The summed E-state index contributed by atoms with van der Waals surface area (Å²) >= 11 is 0. The van der Waals surface area contributed by atoms with E-state index in [4.69, 9.17) is 13.8 Å². The Morgan fingerprint density at radius 2 is 0.893 bits per heavy atom. The molecule has 9 aromatic carbocycles. The van der Waals surface area contributed by atoms with Crippen molar-refractivity contribution >= 4 is 88.7 Å². The van der Waals surface area contributed by atoms with Crippen LogP contribution in [0, 0.1) is 0 Å². The first kappa shape index (κ1) is 31.9. The van der Waals surface area contributed by atoms with E-state index in [1.54, 1.807) is 0 Å². The Morgan fingerprint density at radius 1 is 0.357 bits per heavy atom. The first-order valence-corrected chi connectivity index (χ1v) is 18.8. The van der Waals surface area contributed by atoms with E-state index < -0.39 is 0 Å². The number of nitrogens with zero attached hydrogens (tertiary/aromatic N) is 3. The van der Waals surface area contributed by atoms with Crippen LogP contribution in [0.2, 0.25) is 0 Å². The van der Waals surface area contributed by atoms with Crippen LogP contribution in [-0.2, 0) is 0 Å². The van der Waals surface area contributed by atoms with Gasteiger partial charge >= 0.3 is 0 Å². The number of anilines is 6. The van der Waals surface area contributed by atoms with Gasteiger partial charge in [0.15, 0.2) is 5.58 Å². The zero-order valence-corrected chi connectivity index (χ0v) is 30.2. The molecule has 2 heterocycles. The largest absolute Gasteiger partial charge is 0.456 e. The molecule has 0 bridgehead atoms. The summed E-state index contributed by atoms with van der Waals surface area (Å²) in [5, 5.41) is 6.57. The SMILES string of the molecule is c1ccc(-c2nc3ccc4ccc5ccc(N(c6ccccc6)c6cccc(N(c7ccccc7)c7ccc8oc9ccccc9c8c7)c6)cc5c4c3o2)cc1. The molecule has 0 aliphatic rings. The number of furan rings is 1. The highest BCUT2D eigenvalue weighted by molar-refractivity contribution is 6.18. The predicted octanol–water partition coefficient (Wildman–Crippen LogP) is 14.6. The van der Waals surface area contributed by atoms with E-state index in [0.717, 1.165) is 94.3 Å². The van der Waals surface area contributed by atoms with Crippen LogP contribution < -0.4 is 9.80 Å². The number of rotatable bonds is 7. The fourth-order valence-electron chi connectivity index (χ4n) is 8.03. The van der Waals surface area contributed by atoms with Gasteiger partial charge in [0.2, 0.25) is 5.89 Å². The molecule has 0 saturated carbocycles. The van der Waals surface area contributed by atoms with E-state index >= 15 is 0 Å². The first-order valence-electron chi connectivity index (χ1n) is 18.8. The van der Waals surface area contributed by atoms with E-state index in [9.17, 15) is 0 Å². The van der Waals surface area contributed by atoms with Gasteiger partial charge in [-0.3, -0.25) is 0 Å². The van der Waals surface area contributed by atoms with E-state index in [1.807, 2.05) is 42.5 Å². The van der Waals surface area contributed by atoms with Gasteiger partial charge in [-0.25, -0.2) is 4.98 Å². The molecule has 0 N–H and O–H groups in total. The summed E-state index contributed by atoms with van der Waals surface area (Å²) in [4.78, 5) is 9.55. The Morgan fingerprint density at radius 3 is 1.62 bits per heavy atom. The number of hydrogen-bond acceptors (Lipinski definition) is 5. The third kappa shape index (κ3) is 5.37. The number of para-hydroxylation sites is 3. The van der Waals surface area contributed by atoms with E-state index in [0.29, 0.717) is 5.89 Å². The first-order chi connectivity index (χ1) is 27.7. The van der Waals surface area contributed by atoms with E-state index in [2.05, 4.69) is 168 Å². The highest BCUT2D eigenvalue weighted by atomic mass is 16.3. The van der Waals surface area contributed by atoms with Gasteiger partial charge in [-0.05, 0) is 113 Å². The Kier molecular flexibility index (Phi) is 7.42. The van der Waals surface area contributed by atoms with Crippen LogP contribution in [0.5, 0.6) is 0 Å². The summed E-state index contributed by atoms with van der Waals surface area (Å²) in [6, 6.07) is 69.9. The standard InChI is InChI=1S/C51H33N3O2/c1-4-13-36(14-5-1)51-52-46-29-26-35-24-23-34-25-27-41(32-44(34)49(35)50(46)56-51)53(37-15-6-2-7-16-37)39-19-12-20-40(31-39)54(38-17-8-3-9-18-38)42-28-30-48-45(33-42)43-21-10-11-22-47(43)55-48/h1-33H. The second-order valence-corrected chi connectivity index (χ2v) is 14.0. The number of aromatic nitrogens is 1. The molecule has 0 aliphatic carbocycles. The maximum atomic E-state index is 6.58. The Hall–Kier alpha value is -7.63. The minimum atomic E-state index is 0.618. The summed E-state index contributed by atoms with van der Waals surface area (Å²) in [6.45, 7) is 0. The number of fused-ring (bicyclic) bond motifs is 8. The van der Waals surface area contributed by atoms with Gasteiger partial charge in [0, 0.05) is 55.8 Å². The number of hydrogen-bond donors (Lipinski definition) is 0. The van der Waals surface area contributed by atoms with Gasteiger partial charge in [-0.15, -0.1) is 0 Å². The molecule has 5 nitrogen and oxygen atoms in total. The molecule has 0 saturated heterocycles. The zero-order valence-electron chi connectivity index (χ0n) is 30.2. The zero-order chi connectivity index (χ0) is 37.0. The molecule has 0 spiro atoms. The fourth-order valence-corrected chi connectivity index (χ4v) is 8.03. The van der Waals surface area contributed by atoms with Crippen LogP contribution in [0.15, 0.2) is 209 Å². The molecule has 0 radical (unpaired) electrons. The summed E-state index contributed by atoms with van der Waals surface area (Å²) in [6.07, 6.45) is 0. The molecular weight excluding hydrogens is 687 g/mol. The topological polar surface area (TPSA) is 45.7 Å². The quantitative estimate of drug-likeness (QED) is 0.153. The summed E-state index contributed by atoms with van der Waals surface area (Å²) in [5.41, 5.74) is 10.6. The molecule has 11 rings (SSSR count). The molecule has 0 amide bonds. The summed E-state index contributed by atoms with van der Waals surface area (Å²) in [7, 11) is 0. The van der Waals surface area contributed by atoms with Crippen LogP contribution in [0.1, 0.15) is 0 Å². The van der Waals surface area contributed by atoms with E-state index in [-0.39, 0.29) is 0 Å². The molecule has 0 aliphatic heterocycles. The molecule has 264 valence electrons. The lowest BCUT2D eigenvalue weighted by atomic mass is 10.00. The maximum absolute atomic E-state index is 6.58. The highest BCUT2D eigenvalue weighted by Crippen LogP contribution is 2.44. The van der Waals surface area contributed by atoms with Crippen molar-refractivity contribution in [3.8, 4) is 11.5 Å². The molecule has 11 aromatic rings.